The number of aromatic nitrogens is 1. The molecule has 0 saturated carbocycles. The molecule has 0 bridgehead atoms. The Bertz CT molecular complexity index is 1050. The number of ketones is 1. The van der Waals surface area contributed by atoms with Gasteiger partial charge in [-0.25, -0.2) is 4.98 Å². The molecule has 0 N–H and O–H groups in total. The second-order valence-corrected chi connectivity index (χ2v) is 7.68. The average molecular weight is 443 g/mol. The number of anilines is 2. The van der Waals surface area contributed by atoms with Crippen LogP contribution in [0, 0.1) is 0 Å². The molecule has 0 unspecified atom stereocenters. The Morgan fingerprint density at radius 1 is 1.07 bits per heavy atom. The van der Waals surface area contributed by atoms with Crippen LogP contribution in [0.15, 0.2) is 60.0 Å². The number of carbonyl (C=O) groups excluding carboxylic acids is 3. The van der Waals surface area contributed by atoms with Crippen molar-refractivity contribution in [2.45, 2.75) is 26.4 Å². The maximum atomic E-state index is 12.1. The summed E-state index contributed by atoms with van der Waals surface area (Å²) in [5.74, 6) is -0.802. The summed E-state index contributed by atoms with van der Waals surface area (Å²) in [6, 6.07) is 15.7. The lowest BCUT2D eigenvalue weighted by Crippen LogP contribution is -2.22. The van der Waals surface area contributed by atoms with Gasteiger partial charge in [0.05, 0.1) is 17.8 Å². The molecule has 8 heteroatoms. The van der Waals surface area contributed by atoms with Crippen LogP contribution < -0.4 is 4.90 Å². The van der Waals surface area contributed by atoms with Gasteiger partial charge in [-0.3, -0.25) is 19.3 Å². The monoisotopic (exact) mass is 442 g/mol. The number of thiazole rings is 1. The topological polar surface area (TPSA) is 76.6 Å². The smallest absolute Gasteiger partial charge is 0.306 e. The van der Waals surface area contributed by atoms with Gasteiger partial charge < -0.3 is 4.74 Å². The van der Waals surface area contributed by atoms with Crippen molar-refractivity contribution in [3.63, 3.8) is 0 Å². The minimum absolute atomic E-state index is 0.00714. The van der Waals surface area contributed by atoms with Crippen LogP contribution >= 0.6 is 22.9 Å². The number of carbonyl (C=O) groups is 3. The van der Waals surface area contributed by atoms with Gasteiger partial charge in [0.15, 0.2) is 10.9 Å². The number of benzene rings is 2. The zero-order chi connectivity index (χ0) is 21.5. The van der Waals surface area contributed by atoms with Crippen LogP contribution in [0.4, 0.5) is 10.8 Å². The molecule has 0 aliphatic heterocycles. The van der Waals surface area contributed by atoms with E-state index in [9.17, 15) is 14.4 Å². The van der Waals surface area contributed by atoms with Crippen LogP contribution in [-0.2, 0) is 20.9 Å². The zero-order valence-corrected chi connectivity index (χ0v) is 17.8. The van der Waals surface area contributed by atoms with Crippen molar-refractivity contribution >= 4 is 51.4 Å². The maximum Gasteiger partial charge on any atom is 0.306 e. The van der Waals surface area contributed by atoms with Crippen molar-refractivity contribution in [3.8, 4) is 0 Å². The summed E-state index contributed by atoms with van der Waals surface area (Å²) in [6.45, 7) is 1.40. The summed E-state index contributed by atoms with van der Waals surface area (Å²) in [7, 11) is 0. The van der Waals surface area contributed by atoms with Gasteiger partial charge >= 0.3 is 5.97 Å². The van der Waals surface area contributed by atoms with Gasteiger partial charge in [-0.1, -0.05) is 48.0 Å². The molecule has 0 aliphatic carbocycles. The summed E-state index contributed by atoms with van der Waals surface area (Å²) in [5.41, 5.74) is 1.69. The van der Waals surface area contributed by atoms with E-state index in [0.717, 1.165) is 0 Å². The van der Waals surface area contributed by atoms with E-state index in [2.05, 4.69) is 4.98 Å². The SMILES string of the molecule is CC(=O)N(c1cccc(Cl)c1)c1nc(COC(=O)CCC(=O)c2ccccc2)cs1. The lowest BCUT2D eigenvalue weighted by molar-refractivity contribution is -0.145. The third kappa shape index (κ3) is 5.75. The first-order chi connectivity index (χ1) is 14.4. The third-order valence-electron chi connectivity index (χ3n) is 4.15. The molecule has 0 saturated heterocycles. The van der Waals surface area contributed by atoms with Crippen molar-refractivity contribution < 1.29 is 19.1 Å². The molecule has 1 aromatic heterocycles. The van der Waals surface area contributed by atoms with Crippen LogP contribution in [0.3, 0.4) is 0 Å². The highest BCUT2D eigenvalue weighted by Crippen LogP contribution is 2.30. The van der Waals surface area contributed by atoms with Crippen LogP contribution in [0.5, 0.6) is 0 Å². The van der Waals surface area contributed by atoms with E-state index >= 15 is 0 Å². The van der Waals surface area contributed by atoms with Gasteiger partial charge in [0.1, 0.15) is 6.61 Å². The van der Waals surface area contributed by atoms with E-state index in [0.29, 0.717) is 27.1 Å². The number of amides is 1. The Hall–Kier alpha value is -3.03. The van der Waals surface area contributed by atoms with Gasteiger partial charge in [0.2, 0.25) is 5.91 Å². The van der Waals surface area contributed by atoms with Crippen LogP contribution in [0.1, 0.15) is 35.8 Å². The van der Waals surface area contributed by atoms with E-state index in [4.69, 9.17) is 16.3 Å². The molecule has 0 spiro atoms. The van der Waals surface area contributed by atoms with Crippen molar-refractivity contribution in [3.05, 3.63) is 76.3 Å². The minimum atomic E-state index is -0.480. The lowest BCUT2D eigenvalue weighted by Gasteiger charge is -2.18. The molecular weight excluding hydrogens is 424 g/mol. The van der Waals surface area contributed by atoms with Crippen molar-refractivity contribution in [1.29, 1.82) is 0 Å². The van der Waals surface area contributed by atoms with E-state index in [1.807, 2.05) is 6.07 Å². The predicted octanol–water partition coefficient (Wildman–Crippen LogP) is 5.19. The number of hydrogen-bond acceptors (Lipinski definition) is 6. The largest absolute Gasteiger partial charge is 0.459 e. The van der Waals surface area contributed by atoms with Gasteiger partial charge in [-0.15, -0.1) is 11.3 Å². The number of nitrogens with zero attached hydrogens (tertiary/aromatic N) is 2. The Morgan fingerprint density at radius 3 is 2.53 bits per heavy atom. The number of halogens is 1. The fourth-order valence-corrected chi connectivity index (χ4v) is 3.77. The molecule has 0 fully saturated rings. The van der Waals surface area contributed by atoms with Crippen molar-refractivity contribution in [2.24, 2.45) is 0 Å². The molecule has 1 amide bonds. The van der Waals surface area contributed by atoms with E-state index in [1.165, 1.54) is 23.2 Å². The van der Waals surface area contributed by atoms with Crippen LogP contribution in [0.2, 0.25) is 5.02 Å². The fraction of sp³-hybridized carbons (Fsp3) is 0.182. The fourth-order valence-electron chi connectivity index (χ4n) is 2.72. The lowest BCUT2D eigenvalue weighted by atomic mass is 10.1. The molecule has 3 aromatic rings. The summed E-state index contributed by atoms with van der Waals surface area (Å²) in [4.78, 5) is 42.0. The first-order valence-electron chi connectivity index (χ1n) is 9.18. The highest BCUT2D eigenvalue weighted by atomic mass is 35.5. The summed E-state index contributed by atoms with van der Waals surface area (Å²) in [5, 5.41) is 2.68. The highest BCUT2D eigenvalue weighted by molar-refractivity contribution is 7.14. The molecular formula is C22H19ClN2O4S. The van der Waals surface area contributed by atoms with Crippen LogP contribution in [-0.4, -0.2) is 22.6 Å². The number of Topliss-reactive ketones (excluding diaryl/α,β-unsaturated/α-hetero) is 1. The van der Waals surface area contributed by atoms with E-state index in [-0.39, 0.29) is 31.1 Å². The van der Waals surface area contributed by atoms with Crippen molar-refractivity contribution in [1.82, 2.24) is 4.98 Å². The second kappa shape index (κ2) is 10.1. The van der Waals surface area contributed by atoms with Gasteiger partial charge in [0, 0.05) is 29.3 Å². The summed E-state index contributed by atoms with van der Waals surface area (Å²) >= 11 is 7.28. The molecule has 0 atom stereocenters. The second-order valence-electron chi connectivity index (χ2n) is 6.41. The normalized spacial score (nSPS) is 10.5. The molecule has 3 rings (SSSR count). The quantitative estimate of drug-likeness (QED) is 0.354. The highest BCUT2D eigenvalue weighted by Gasteiger charge is 2.19. The summed E-state index contributed by atoms with van der Waals surface area (Å²) in [6.07, 6.45) is 0.0743. The third-order valence-corrected chi connectivity index (χ3v) is 5.25. The number of ether oxygens (including phenoxy) is 1. The standard InChI is InChI=1S/C22H19ClN2O4S/c1-15(26)25(19-9-5-8-17(23)12-19)22-24-18(14-30-22)13-29-21(28)11-10-20(27)16-6-3-2-4-7-16/h2-9,12,14H,10-11,13H2,1H3. The van der Waals surface area contributed by atoms with E-state index < -0.39 is 5.97 Å². The molecule has 0 aliphatic rings. The Kier molecular flexibility index (Phi) is 7.32. The molecule has 2 aromatic carbocycles. The Morgan fingerprint density at radius 2 is 1.83 bits per heavy atom. The first-order valence-corrected chi connectivity index (χ1v) is 10.4. The zero-order valence-electron chi connectivity index (χ0n) is 16.2. The maximum absolute atomic E-state index is 12.1. The summed E-state index contributed by atoms with van der Waals surface area (Å²) < 4.78 is 5.22. The molecule has 0 radical (unpaired) electrons. The molecule has 1 heterocycles. The first kappa shape index (κ1) is 21.7. The number of hydrogen-bond donors (Lipinski definition) is 0. The molecule has 30 heavy (non-hydrogen) atoms. The van der Waals surface area contributed by atoms with Gasteiger partial charge in [-0.2, -0.15) is 0 Å². The van der Waals surface area contributed by atoms with Gasteiger partial charge in [0.25, 0.3) is 0 Å². The Balaban J connectivity index is 1.56. The molecule has 6 nitrogen and oxygen atoms in total. The minimum Gasteiger partial charge on any atom is -0.459 e. The van der Waals surface area contributed by atoms with E-state index in [1.54, 1.807) is 53.9 Å². The van der Waals surface area contributed by atoms with Gasteiger partial charge in [-0.05, 0) is 18.2 Å². The molecule has 154 valence electrons. The average Bonchev–Trinajstić information content (AvgIpc) is 3.19. The van der Waals surface area contributed by atoms with Crippen molar-refractivity contribution in [2.75, 3.05) is 4.90 Å². The van der Waals surface area contributed by atoms with Crippen LogP contribution in [0.25, 0.3) is 0 Å². The number of rotatable bonds is 8. The predicted molar refractivity (Wildman–Crippen MR) is 116 cm³/mol. The number of esters is 1. The Labute approximate surface area is 183 Å².